The molecule has 2 N–H and O–H groups in total. The van der Waals surface area contributed by atoms with Gasteiger partial charge >= 0.3 is 5.97 Å². The van der Waals surface area contributed by atoms with Crippen molar-refractivity contribution >= 4 is 17.6 Å². The molecule has 0 unspecified atom stereocenters. The number of pyridine rings is 1. The Labute approximate surface area is 155 Å². The first kappa shape index (κ1) is 18.1. The molecular weight excluding hydrogens is 356 g/mol. The number of esters is 1. The van der Waals surface area contributed by atoms with E-state index in [1.54, 1.807) is 34.9 Å². The molecule has 136 valence electrons. The minimum Gasteiger partial charge on any atom is -0.465 e. The van der Waals surface area contributed by atoms with Crippen LogP contribution in [0.4, 0.5) is 0 Å². The second kappa shape index (κ2) is 6.88. The van der Waals surface area contributed by atoms with Gasteiger partial charge in [0.15, 0.2) is 0 Å². The Morgan fingerprint density at radius 3 is 2.73 bits per heavy atom. The molecular formula is C19H19ClN2O4. The number of benzene rings is 1. The van der Waals surface area contributed by atoms with E-state index >= 15 is 0 Å². The average molecular weight is 375 g/mol. The highest BCUT2D eigenvalue weighted by Gasteiger charge is 2.38. The number of nitrogens with zero attached hydrogens (tertiary/aromatic N) is 1. The van der Waals surface area contributed by atoms with Gasteiger partial charge in [-0.1, -0.05) is 23.7 Å². The monoisotopic (exact) mass is 374 g/mol. The van der Waals surface area contributed by atoms with Crippen LogP contribution < -0.4 is 16.0 Å². The highest BCUT2D eigenvalue weighted by molar-refractivity contribution is 6.30. The van der Waals surface area contributed by atoms with E-state index in [2.05, 4.69) is 0 Å². The van der Waals surface area contributed by atoms with E-state index in [4.69, 9.17) is 26.8 Å². The van der Waals surface area contributed by atoms with Crippen molar-refractivity contribution in [1.29, 1.82) is 0 Å². The van der Waals surface area contributed by atoms with Crippen LogP contribution >= 0.6 is 11.6 Å². The molecule has 1 aromatic carbocycles. The summed E-state index contributed by atoms with van der Waals surface area (Å²) in [6, 6.07) is 8.71. The Morgan fingerprint density at radius 2 is 2.12 bits per heavy atom. The van der Waals surface area contributed by atoms with Gasteiger partial charge in [-0.2, -0.15) is 0 Å². The molecule has 1 atom stereocenters. The topological polar surface area (TPSA) is 83.5 Å². The van der Waals surface area contributed by atoms with E-state index < -0.39 is 11.9 Å². The van der Waals surface area contributed by atoms with Gasteiger partial charge in [-0.3, -0.25) is 4.79 Å². The van der Waals surface area contributed by atoms with Gasteiger partial charge in [0.2, 0.25) is 5.88 Å². The Bertz CT molecular complexity index is 978. The van der Waals surface area contributed by atoms with E-state index in [0.29, 0.717) is 28.4 Å². The summed E-state index contributed by atoms with van der Waals surface area (Å²) in [6.45, 7) is 4.19. The number of methoxy groups -OCH3 is 1. The number of hydrogen-bond donors (Lipinski definition) is 1. The number of carbonyl (C=O) groups is 1. The lowest BCUT2D eigenvalue weighted by atomic mass is 9.83. The quantitative estimate of drug-likeness (QED) is 0.835. The van der Waals surface area contributed by atoms with Gasteiger partial charge in [-0.05, 0) is 31.5 Å². The maximum absolute atomic E-state index is 13.1. The van der Waals surface area contributed by atoms with Crippen LogP contribution in [0.3, 0.4) is 0 Å². The van der Waals surface area contributed by atoms with Gasteiger partial charge in [-0.15, -0.1) is 0 Å². The van der Waals surface area contributed by atoms with E-state index in [1.165, 1.54) is 7.11 Å². The minimum absolute atomic E-state index is 0.0811. The van der Waals surface area contributed by atoms with Gasteiger partial charge in [0.05, 0.1) is 18.6 Å². The Hall–Kier alpha value is -2.73. The van der Waals surface area contributed by atoms with Crippen LogP contribution in [0.25, 0.3) is 0 Å². The van der Waals surface area contributed by atoms with Crippen molar-refractivity contribution in [3.05, 3.63) is 74.0 Å². The normalized spacial score (nSPS) is 16.1. The standard InChI is InChI=1S/C19H19ClN2O4/c1-4-22-10(2)8-13-15(18(22)23)14(11-6-5-7-12(20)9-11)16(17(21)26-13)19(24)25-3/h5-9,14H,4,21H2,1-3H3/t14-/m1/s1. The second-order valence-electron chi connectivity index (χ2n) is 5.97. The lowest BCUT2D eigenvalue weighted by Gasteiger charge is -2.28. The third kappa shape index (κ3) is 2.86. The molecule has 0 spiro atoms. The number of carbonyl (C=O) groups excluding carboxylic acids is 1. The summed E-state index contributed by atoms with van der Waals surface area (Å²) in [4.78, 5) is 25.5. The molecule has 1 aliphatic heterocycles. The number of rotatable bonds is 3. The van der Waals surface area contributed by atoms with Crippen molar-refractivity contribution in [2.24, 2.45) is 5.73 Å². The number of fused-ring (bicyclic) bond motifs is 1. The van der Waals surface area contributed by atoms with Crippen molar-refractivity contribution in [2.75, 3.05) is 7.11 Å². The van der Waals surface area contributed by atoms with Crippen LogP contribution in [-0.4, -0.2) is 17.6 Å². The molecule has 1 aliphatic rings. The second-order valence-corrected chi connectivity index (χ2v) is 6.41. The van der Waals surface area contributed by atoms with Gasteiger partial charge < -0.3 is 19.8 Å². The highest BCUT2D eigenvalue weighted by Crippen LogP contribution is 2.41. The third-order valence-corrected chi connectivity index (χ3v) is 4.71. The molecule has 3 rings (SSSR count). The Morgan fingerprint density at radius 1 is 1.38 bits per heavy atom. The number of aryl methyl sites for hydroxylation is 1. The predicted octanol–water partition coefficient (Wildman–Crippen LogP) is 2.70. The molecule has 2 aromatic rings. The third-order valence-electron chi connectivity index (χ3n) is 4.47. The Balaban J connectivity index is 2.36. The molecule has 0 saturated carbocycles. The highest BCUT2D eigenvalue weighted by atomic mass is 35.5. The zero-order valence-corrected chi connectivity index (χ0v) is 15.5. The summed E-state index contributed by atoms with van der Waals surface area (Å²) >= 11 is 6.13. The SMILES string of the molecule is CCn1c(C)cc2c(c1=O)[C@@H](c1cccc(Cl)c1)C(C(=O)OC)=C(N)O2. The smallest absolute Gasteiger partial charge is 0.340 e. The summed E-state index contributed by atoms with van der Waals surface area (Å²) in [6.07, 6.45) is 0. The first-order valence-electron chi connectivity index (χ1n) is 8.14. The average Bonchev–Trinajstić information content (AvgIpc) is 2.60. The van der Waals surface area contributed by atoms with Crippen LogP contribution in [0, 0.1) is 6.92 Å². The van der Waals surface area contributed by atoms with E-state index in [1.807, 2.05) is 13.8 Å². The lowest BCUT2D eigenvalue weighted by Crippen LogP contribution is -2.34. The van der Waals surface area contributed by atoms with Crippen LogP contribution in [0.15, 0.2) is 46.6 Å². The van der Waals surface area contributed by atoms with Crippen LogP contribution in [-0.2, 0) is 16.1 Å². The maximum atomic E-state index is 13.1. The van der Waals surface area contributed by atoms with Gasteiger partial charge in [0.1, 0.15) is 11.3 Å². The predicted molar refractivity (Wildman–Crippen MR) is 98.3 cm³/mol. The summed E-state index contributed by atoms with van der Waals surface area (Å²) in [7, 11) is 1.26. The van der Waals surface area contributed by atoms with Gasteiger partial charge in [0, 0.05) is 23.3 Å². The molecule has 7 heteroatoms. The molecule has 26 heavy (non-hydrogen) atoms. The number of ether oxygens (including phenoxy) is 2. The molecule has 0 aliphatic carbocycles. The summed E-state index contributed by atoms with van der Waals surface area (Å²) in [5.74, 6) is -1.12. The molecule has 1 aromatic heterocycles. The zero-order chi connectivity index (χ0) is 19.0. The van der Waals surface area contributed by atoms with Gasteiger partial charge in [-0.25, -0.2) is 4.79 Å². The number of nitrogens with two attached hydrogens (primary N) is 1. The van der Waals surface area contributed by atoms with E-state index in [9.17, 15) is 9.59 Å². The first-order valence-corrected chi connectivity index (χ1v) is 8.52. The molecule has 0 amide bonds. The zero-order valence-electron chi connectivity index (χ0n) is 14.7. The van der Waals surface area contributed by atoms with Crippen LogP contribution in [0.5, 0.6) is 5.75 Å². The molecule has 0 bridgehead atoms. The fourth-order valence-electron chi connectivity index (χ4n) is 3.31. The first-order chi connectivity index (χ1) is 12.4. The fourth-order valence-corrected chi connectivity index (χ4v) is 3.51. The molecule has 6 nitrogen and oxygen atoms in total. The van der Waals surface area contributed by atoms with E-state index in [0.717, 1.165) is 5.69 Å². The lowest BCUT2D eigenvalue weighted by molar-refractivity contribution is -0.136. The molecule has 0 radical (unpaired) electrons. The Kier molecular flexibility index (Phi) is 4.78. The van der Waals surface area contributed by atoms with E-state index in [-0.39, 0.29) is 17.0 Å². The maximum Gasteiger partial charge on any atom is 0.340 e. The van der Waals surface area contributed by atoms with Gasteiger partial charge in [0.25, 0.3) is 5.56 Å². The number of halogens is 1. The minimum atomic E-state index is -0.726. The van der Waals surface area contributed by atoms with Crippen molar-refractivity contribution in [2.45, 2.75) is 26.3 Å². The summed E-state index contributed by atoms with van der Waals surface area (Å²) < 4.78 is 12.1. The fraction of sp³-hybridized carbons (Fsp3) is 0.263. The molecule has 2 heterocycles. The van der Waals surface area contributed by atoms with Crippen molar-refractivity contribution < 1.29 is 14.3 Å². The van der Waals surface area contributed by atoms with Crippen LogP contribution in [0.2, 0.25) is 5.02 Å². The molecule has 0 saturated heterocycles. The number of aromatic nitrogens is 1. The van der Waals surface area contributed by atoms with Crippen LogP contribution in [0.1, 0.15) is 29.7 Å². The van der Waals surface area contributed by atoms with Crippen molar-refractivity contribution in [3.63, 3.8) is 0 Å². The van der Waals surface area contributed by atoms with Crippen molar-refractivity contribution in [3.8, 4) is 5.75 Å². The summed E-state index contributed by atoms with van der Waals surface area (Å²) in [5, 5.41) is 0.487. The largest absolute Gasteiger partial charge is 0.465 e. The van der Waals surface area contributed by atoms with Crippen molar-refractivity contribution in [1.82, 2.24) is 4.57 Å². The molecule has 0 fully saturated rings. The summed E-state index contributed by atoms with van der Waals surface area (Å²) in [5.41, 5.74) is 7.62. The number of hydrogen-bond acceptors (Lipinski definition) is 5.